The topological polar surface area (TPSA) is 61.8 Å². The fourth-order valence-electron chi connectivity index (χ4n) is 8.50. The number of Topliss-reactive ketones (excluding diaryl/α,β-unsaturated/α-hetero) is 1. The van der Waals surface area contributed by atoms with Gasteiger partial charge in [0.1, 0.15) is 5.78 Å². The summed E-state index contributed by atoms with van der Waals surface area (Å²) >= 11 is 0. The largest absolute Gasteiger partial charge is 0.462 e. The van der Waals surface area contributed by atoms with E-state index in [4.69, 9.17) is 14.2 Å². The van der Waals surface area contributed by atoms with Gasteiger partial charge < -0.3 is 14.2 Å². The first-order chi connectivity index (χ1) is 18.7. The maximum atomic E-state index is 13.2. The minimum Gasteiger partial charge on any atom is -0.462 e. The van der Waals surface area contributed by atoms with Crippen LogP contribution in [-0.4, -0.2) is 43.8 Å². The molecular weight excluding hydrogens is 488 g/mol. The van der Waals surface area contributed by atoms with E-state index in [2.05, 4.69) is 27.4 Å². The molecule has 4 fully saturated rings. The van der Waals surface area contributed by atoms with Crippen molar-refractivity contribution in [3.8, 4) is 0 Å². The molecule has 0 aromatic heterocycles. The molecule has 0 aliphatic heterocycles. The predicted molar refractivity (Wildman–Crippen MR) is 155 cm³/mol. The van der Waals surface area contributed by atoms with Gasteiger partial charge in [0, 0.05) is 30.9 Å². The molecule has 4 rings (SSSR count). The second kappa shape index (κ2) is 14.1. The zero-order valence-electron chi connectivity index (χ0n) is 25.3. The molecule has 0 amide bonds. The van der Waals surface area contributed by atoms with Crippen LogP contribution < -0.4 is 0 Å². The highest BCUT2D eigenvalue weighted by molar-refractivity contribution is 5.83. The van der Waals surface area contributed by atoms with Gasteiger partial charge >= 0.3 is 5.97 Å². The highest BCUT2D eigenvalue weighted by Gasteiger charge is 2.44. The van der Waals surface area contributed by atoms with Crippen molar-refractivity contribution in [3.63, 3.8) is 0 Å². The summed E-state index contributed by atoms with van der Waals surface area (Å²) in [6.45, 7) is 11.2. The Hall–Kier alpha value is -1.20. The molecule has 0 aromatic carbocycles. The van der Waals surface area contributed by atoms with Gasteiger partial charge in [-0.25, -0.2) is 4.79 Å². The number of hydrogen-bond donors (Lipinski definition) is 0. The second-order valence-electron chi connectivity index (χ2n) is 14.1. The fourth-order valence-corrected chi connectivity index (χ4v) is 8.50. The Balaban J connectivity index is 1.31. The van der Waals surface area contributed by atoms with E-state index in [-0.39, 0.29) is 35.4 Å². The van der Waals surface area contributed by atoms with Crippen molar-refractivity contribution < 1.29 is 23.8 Å². The van der Waals surface area contributed by atoms with Gasteiger partial charge in [0.05, 0.1) is 24.9 Å². The number of methoxy groups -OCH3 is 1. The zero-order chi connectivity index (χ0) is 28.0. The molecule has 3 atom stereocenters. The van der Waals surface area contributed by atoms with Crippen LogP contribution in [0.15, 0.2) is 12.7 Å². The number of carbonyl (C=O) groups is 2. The van der Waals surface area contributed by atoms with Crippen LogP contribution in [0.3, 0.4) is 0 Å². The maximum Gasteiger partial charge on any atom is 0.330 e. The van der Waals surface area contributed by atoms with Gasteiger partial charge in [-0.15, -0.1) is 0 Å². The Morgan fingerprint density at radius 2 is 1.36 bits per heavy atom. The maximum absolute atomic E-state index is 13.2. The van der Waals surface area contributed by atoms with Crippen molar-refractivity contribution in [1.82, 2.24) is 0 Å². The fraction of sp³-hybridized carbons (Fsp3) is 0.882. The van der Waals surface area contributed by atoms with E-state index in [1.54, 1.807) is 0 Å². The summed E-state index contributed by atoms with van der Waals surface area (Å²) < 4.78 is 18.0. The van der Waals surface area contributed by atoms with E-state index in [0.29, 0.717) is 36.2 Å². The first kappa shape index (κ1) is 30.8. The average molecular weight is 545 g/mol. The second-order valence-corrected chi connectivity index (χ2v) is 14.1. The van der Waals surface area contributed by atoms with Gasteiger partial charge in [0.15, 0.2) is 0 Å². The van der Waals surface area contributed by atoms with Crippen molar-refractivity contribution in [1.29, 1.82) is 0 Å². The Morgan fingerprint density at radius 3 is 1.95 bits per heavy atom. The van der Waals surface area contributed by atoms with Crippen molar-refractivity contribution in [2.45, 2.75) is 135 Å². The lowest BCUT2D eigenvalue weighted by molar-refractivity contribution is -0.147. The number of ketones is 1. The van der Waals surface area contributed by atoms with Gasteiger partial charge in [-0.1, -0.05) is 40.2 Å². The average Bonchev–Trinajstić information content (AvgIpc) is 2.96. The van der Waals surface area contributed by atoms with E-state index in [9.17, 15) is 9.59 Å². The monoisotopic (exact) mass is 544 g/mol. The molecule has 0 spiro atoms. The summed E-state index contributed by atoms with van der Waals surface area (Å²) in [4.78, 5) is 25.1. The molecule has 5 heteroatoms. The molecule has 5 nitrogen and oxygen atoms in total. The molecule has 39 heavy (non-hydrogen) atoms. The quantitative estimate of drug-likeness (QED) is 0.208. The van der Waals surface area contributed by atoms with E-state index in [0.717, 1.165) is 70.1 Å². The lowest BCUT2D eigenvalue weighted by atomic mass is 9.59. The summed E-state index contributed by atoms with van der Waals surface area (Å²) in [5.41, 5.74) is 0.250. The van der Waals surface area contributed by atoms with Gasteiger partial charge in [-0.2, -0.15) is 0 Å². The molecule has 4 saturated carbocycles. The molecule has 0 bridgehead atoms. The summed E-state index contributed by atoms with van der Waals surface area (Å²) in [5, 5.41) is 0. The minimum absolute atomic E-state index is 0.121. The number of esters is 1. The SMILES string of the molecule is C=CC(=O)OCC1CC(C(C)(C)C2CCC(OC)CC2)CCC1OC1CCC(C(=O)C2CCC(C)CC2)CC1. The highest BCUT2D eigenvalue weighted by Crippen LogP contribution is 2.50. The van der Waals surface area contributed by atoms with Gasteiger partial charge in [0.2, 0.25) is 0 Å². The van der Waals surface area contributed by atoms with E-state index >= 15 is 0 Å². The first-order valence-electron chi connectivity index (χ1n) is 16.2. The third-order valence-electron chi connectivity index (χ3n) is 11.5. The Bertz CT molecular complexity index is 796. The molecule has 0 saturated heterocycles. The van der Waals surface area contributed by atoms with Crippen LogP contribution in [0.2, 0.25) is 0 Å². The number of hydrogen-bond acceptors (Lipinski definition) is 5. The first-order valence-corrected chi connectivity index (χ1v) is 16.2. The van der Waals surface area contributed by atoms with E-state index < -0.39 is 0 Å². The van der Waals surface area contributed by atoms with Crippen LogP contribution >= 0.6 is 0 Å². The van der Waals surface area contributed by atoms with Crippen LogP contribution in [-0.2, 0) is 23.8 Å². The van der Waals surface area contributed by atoms with Gasteiger partial charge in [0.25, 0.3) is 0 Å². The minimum atomic E-state index is -0.343. The normalized spacial score (nSPS) is 38.1. The molecule has 3 unspecified atom stereocenters. The third kappa shape index (κ3) is 7.97. The molecule has 0 aromatic rings. The molecule has 222 valence electrons. The summed E-state index contributed by atoms with van der Waals surface area (Å²) in [6, 6.07) is 0. The Kier molecular flexibility index (Phi) is 11.1. The Labute approximate surface area is 238 Å². The van der Waals surface area contributed by atoms with Crippen LogP contribution in [0.25, 0.3) is 0 Å². The third-order valence-corrected chi connectivity index (χ3v) is 11.5. The van der Waals surface area contributed by atoms with Crippen LogP contribution in [0.1, 0.15) is 117 Å². The molecule has 4 aliphatic rings. The zero-order valence-corrected chi connectivity index (χ0v) is 25.3. The summed E-state index contributed by atoms with van der Waals surface area (Å²) in [5.74, 6) is 3.03. The van der Waals surface area contributed by atoms with Gasteiger partial charge in [-0.3, -0.25) is 4.79 Å². The predicted octanol–water partition coefficient (Wildman–Crippen LogP) is 7.70. The molecule has 0 N–H and O–H groups in total. The lowest BCUT2D eigenvalue weighted by Gasteiger charge is -2.49. The van der Waals surface area contributed by atoms with Crippen molar-refractivity contribution in [2.75, 3.05) is 13.7 Å². The Morgan fingerprint density at radius 1 is 0.795 bits per heavy atom. The van der Waals surface area contributed by atoms with E-state index in [1.165, 1.54) is 38.2 Å². The number of rotatable bonds is 10. The highest BCUT2D eigenvalue weighted by atomic mass is 16.5. The lowest BCUT2D eigenvalue weighted by Crippen LogP contribution is -2.44. The van der Waals surface area contributed by atoms with Crippen LogP contribution in [0, 0.1) is 40.9 Å². The molecular formula is C34H56O5. The number of carbonyl (C=O) groups excluding carboxylic acids is 2. The molecule has 0 heterocycles. The van der Waals surface area contributed by atoms with Crippen molar-refractivity contribution in [3.05, 3.63) is 12.7 Å². The van der Waals surface area contributed by atoms with E-state index in [1.807, 2.05) is 7.11 Å². The van der Waals surface area contributed by atoms with Crippen LogP contribution in [0.5, 0.6) is 0 Å². The van der Waals surface area contributed by atoms with Crippen LogP contribution in [0.4, 0.5) is 0 Å². The smallest absolute Gasteiger partial charge is 0.330 e. The molecule has 0 radical (unpaired) electrons. The van der Waals surface area contributed by atoms with Crippen molar-refractivity contribution in [2.24, 2.45) is 40.9 Å². The standard InChI is InChI=1S/C34H56O5/c1-6-32(35)38-22-26-21-28(34(3,4)27-13-18-29(37-5)19-14-27)15-20-31(26)39-30-16-11-25(12-17-30)33(36)24-9-7-23(2)8-10-24/h6,23-31H,1,7-22H2,2-5H3. The summed E-state index contributed by atoms with van der Waals surface area (Å²) in [7, 11) is 1.84. The molecule has 4 aliphatic carbocycles. The van der Waals surface area contributed by atoms with Gasteiger partial charge in [-0.05, 0) is 107 Å². The summed E-state index contributed by atoms with van der Waals surface area (Å²) in [6.07, 6.45) is 18.6. The van der Waals surface area contributed by atoms with Crippen molar-refractivity contribution >= 4 is 11.8 Å². The number of ether oxygens (including phenoxy) is 3.